The van der Waals surface area contributed by atoms with Gasteiger partial charge in [-0.2, -0.15) is 5.10 Å². The van der Waals surface area contributed by atoms with Crippen molar-refractivity contribution in [3.63, 3.8) is 0 Å². The Kier molecular flexibility index (Phi) is 4.11. The van der Waals surface area contributed by atoms with E-state index < -0.39 is 0 Å². The van der Waals surface area contributed by atoms with Crippen LogP contribution in [0.2, 0.25) is 5.02 Å². The maximum atomic E-state index is 10.9. The van der Waals surface area contributed by atoms with E-state index in [1.807, 2.05) is 14.0 Å². The molecule has 1 heterocycles. The van der Waals surface area contributed by atoms with Crippen molar-refractivity contribution >= 4 is 17.5 Å². The highest BCUT2D eigenvalue weighted by molar-refractivity contribution is 6.31. The highest BCUT2D eigenvalue weighted by Crippen LogP contribution is 2.18. The Hall–Kier alpha value is -1.07. The topological polar surface area (TPSA) is 59.0 Å². The molecular formula is C9H15ClN4O. The maximum absolute atomic E-state index is 10.9. The minimum Gasteiger partial charge on any atom is -0.358 e. The lowest BCUT2D eigenvalue weighted by Gasteiger charge is -2.04. The lowest BCUT2D eigenvalue weighted by molar-refractivity contribution is -0.119. The third-order valence-electron chi connectivity index (χ3n) is 2.12. The van der Waals surface area contributed by atoms with E-state index in [0.717, 1.165) is 11.4 Å². The fourth-order valence-electron chi connectivity index (χ4n) is 1.25. The van der Waals surface area contributed by atoms with E-state index in [2.05, 4.69) is 15.7 Å². The molecule has 1 aromatic rings. The van der Waals surface area contributed by atoms with Crippen LogP contribution in [-0.4, -0.2) is 29.3 Å². The number of aryl methyl sites for hydroxylation is 2. The number of likely N-dealkylation sites (N-methyl/N-ethyl adjacent to an activating group) is 1. The first-order valence-electron chi connectivity index (χ1n) is 4.65. The van der Waals surface area contributed by atoms with Gasteiger partial charge in [0, 0.05) is 20.6 Å². The first kappa shape index (κ1) is 12.0. The van der Waals surface area contributed by atoms with Gasteiger partial charge in [-0.15, -0.1) is 0 Å². The first-order valence-corrected chi connectivity index (χ1v) is 5.03. The summed E-state index contributed by atoms with van der Waals surface area (Å²) in [6, 6.07) is 0. The molecule has 6 heteroatoms. The van der Waals surface area contributed by atoms with E-state index >= 15 is 0 Å². The van der Waals surface area contributed by atoms with Gasteiger partial charge in [0.2, 0.25) is 5.91 Å². The molecule has 0 saturated heterocycles. The van der Waals surface area contributed by atoms with E-state index in [4.69, 9.17) is 11.6 Å². The summed E-state index contributed by atoms with van der Waals surface area (Å²) in [4.78, 5) is 10.9. The Morgan fingerprint density at radius 2 is 2.27 bits per heavy atom. The lowest BCUT2D eigenvalue weighted by Crippen LogP contribution is -2.31. The van der Waals surface area contributed by atoms with Crippen LogP contribution < -0.4 is 10.6 Å². The molecule has 0 saturated carbocycles. The van der Waals surface area contributed by atoms with Crippen molar-refractivity contribution in [2.75, 3.05) is 13.6 Å². The number of nitrogens with one attached hydrogen (secondary N) is 2. The van der Waals surface area contributed by atoms with Crippen molar-refractivity contribution in [1.29, 1.82) is 0 Å². The summed E-state index contributed by atoms with van der Waals surface area (Å²) in [5.41, 5.74) is 1.69. The number of hydrogen-bond donors (Lipinski definition) is 2. The highest BCUT2D eigenvalue weighted by Gasteiger charge is 2.10. The number of amides is 1. The van der Waals surface area contributed by atoms with Gasteiger partial charge in [-0.05, 0) is 6.92 Å². The molecule has 0 radical (unpaired) electrons. The lowest BCUT2D eigenvalue weighted by atomic mass is 10.3. The molecule has 0 unspecified atom stereocenters. The van der Waals surface area contributed by atoms with E-state index in [-0.39, 0.29) is 12.5 Å². The van der Waals surface area contributed by atoms with Crippen LogP contribution in [0, 0.1) is 6.92 Å². The summed E-state index contributed by atoms with van der Waals surface area (Å²) >= 11 is 6.04. The van der Waals surface area contributed by atoms with E-state index in [1.54, 1.807) is 11.7 Å². The second kappa shape index (κ2) is 5.14. The summed E-state index contributed by atoms with van der Waals surface area (Å²) in [6.07, 6.45) is 0. The molecule has 0 aliphatic carbocycles. The number of aromatic nitrogens is 2. The third-order valence-corrected chi connectivity index (χ3v) is 2.61. The van der Waals surface area contributed by atoms with E-state index in [0.29, 0.717) is 11.6 Å². The molecule has 15 heavy (non-hydrogen) atoms. The molecule has 2 N–H and O–H groups in total. The monoisotopic (exact) mass is 230 g/mol. The van der Waals surface area contributed by atoms with Crippen LogP contribution in [0.15, 0.2) is 0 Å². The molecule has 0 aromatic carbocycles. The summed E-state index contributed by atoms with van der Waals surface area (Å²) in [5.74, 6) is -0.0509. The first-order chi connectivity index (χ1) is 7.06. The van der Waals surface area contributed by atoms with Crippen LogP contribution in [-0.2, 0) is 18.4 Å². The second-order valence-electron chi connectivity index (χ2n) is 3.25. The van der Waals surface area contributed by atoms with Crippen LogP contribution in [0.4, 0.5) is 0 Å². The van der Waals surface area contributed by atoms with Gasteiger partial charge < -0.3 is 10.6 Å². The molecule has 1 rings (SSSR count). The largest absolute Gasteiger partial charge is 0.358 e. The van der Waals surface area contributed by atoms with Crippen LogP contribution in [0.3, 0.4) is 0 Å². The standard InChI is InChI=1S/C9H15ClN4O/c1-6-9(10)7(14(3)13-6)4-12-5-8(15)11-2/h12H,4-5H2,1-3H3,(H,11,15). The van der Waals surface area contributed by atoms with Gasteiger partial charge in [0.1, 0.15) is 0 Å². The fraction of sp³-hybridized carbons (Fsp3) is 0.556. The van der Waals surface area contributed by atoms with Crippen molar-refractivity contribution in [3.8, 4) is 0 Å². The summed E-state index contributed by atoms with van der Waals surface area (Å²) in [7, 11) is 3.43. The molecule has 5 nitrogen and oxygen atoms in total. The van der Waals surface area contributed by atoms with Gasteiger partial charge in [0.15, 0.2) is 0 Å². The molecule has 0 fully saturated rings. The summed E-state index contributed by atoms with van der Waals surface area (Å²) in [6.45, 7) is 2.66. The van der Waals surface area contributed by atoms with Crippen molar-refractivity contribution in [1.82, 2.24) is 20.4 Å². The van der Waals surface area contributed by atoms with Crippen LogP contribution in [0.1, 0.15) is 11.4 Å². The van der Waals surface area contributed by atoms with Crippen molar-refractivity contribution in [2.24, 2.45) is 7.05 Å². The van der Waals surface area contributed by atoms with Crippen molar-refractivity contribution in [2.45, 2.75) is 13.5 Å². The Labute approximate surface area is 93.8 Å². The highest BCUT2D eigenvalue weighted by atomic mass is 35.5. The van der Waals surface area contributed by atoms with E-state index in [1.165, 1.54) is 0 Å². The number of carbonyl (C=O) groups excluding carboxylic acids is 1. The molecule has 1 aromatic heterocycles. The van der Waals surface area contributed by atoms with Crippen molar-refractivity contribution < 1.29 is 4.79 Å². The predicted molar refractivity (Wildman–Crippen MR) is 58.7 cm³/mol. The molecule has 1 amide bonds. The van der Waals surface area contributed by atoms with Gasteiger partial charge in [0.25, 0.3) is 0 Å². The van der Waals surface area contributed by atoms with Crippen LogP contribution in [0.25, 0.3) is 0 Å². The van der Waals surface area contributed by atoms with Crippen LogP contribution >= 0.6 is 11.6 Å². The minimum atomic E-state index is -0.0509. The van der Waals surface area contributed by atoms with Gasteiger partial charge in [0.05, 0.1) is 23.0 Å². The summed E-state index contributed by atoms with van der Waals surface area (Å²) < 4.78 is 1.72. The predicted octanol–water partition coefficient (Wildman–Crippen LogP) is 0.218. The zero-order valence-electron chi connectivity index (χ0n) is 9.09. The number of halogens is 1. The fourth-order valence-corrected chi connectivity index (χ4v) is 1.48. The van der Waals surface area contributed by atoms with Gasteiger partial charge >= 0.3 is 0 Å². The smallest absolute Gasteiger partial charge is 0.233 e. The average molecular weight is 231 g/mol. The minimum absolute atomic E-state index is 0.0509. The molecule has 0 bridgehead atoms. The Morgan fingerprint density at radius 3 is 2.73 bits per heavy atom. The van der Waals surface area contributed by atoms with Gasteiger partial charge in [-0.1, -0.05) is 11.6 Å². The molecule has 0 spiro atoms. The molecule has 84 valence electrons. The zero-order chi connectivity index (χ0) is 11.4. The Balaban J connectivity index is 2.54. The summed E-state index contributed by atoms with van der Waals surface area (Å²) in [5, 5.41) is 10.3. The van der Waals surface area contributed by atoms with Crippen LogP contribution in [0.5, 0.6) is 0 Å². The van der Waals surface area contributed by atoms with Gasteiger partial charge in [-0.3, -0.25) is 9.48 Å². The average Bonchev–Trinajstić information content (AvgIpc) is 2.44. The molecular weight excluding hydrogens is 216 g/mol. The Morgan fingerprint density at radius 1 is 1.60 bits per heavy atom. The second-order valence-corrected chi connectivity index (χ2v) is 3.62. The molecule has 0 atom stereocenters. The van der Waals surface area contributed by atoms with E-state index in [9.17, 15) is 4.79 Å². The van der Waals surface area contributed by atoms with Crippen molar-refractivity contribution in [3.05, 3.63) is 16.4 Å². The number of hydrogen-bond acceptors (Lipinski definition) is 3. The number of rotatable bonds is 4. The molecule has 0 aliphatic heterocycles. The maximum Gasteiger partial charge on any atom is 0.233 e. The normalized spacial score (nSPS) is 10.4. The Bertz CT molecular complexity index is 361. The zero-order valence-corrected chi connectivity index (χ0v) is 9.85. The number of carbonyl (C=O) groups is 1. The quantitative estimate of drug-likeness (QED) is 0.778. The molecule has 0 aliphatic rings. The van der Waals surface area contributed by atoms with Gasteiger partial charge in [-0.25, -0.2) is 0 Å². The number of nitrogens with zero attached hydrogens (tertiary/aromatic N) is 2. The SMILES string of the molecule is CNC(=O)CNCc1c(Cl)c(C)nn1C. The third kappa shape index (κ3) is 2.94.